The van der Waals surface area contributed by atoms with Gasteiger partial charge in [-0.25, -0.2) is 4.39 Å². The molecule has 3 aromatic rings. The van der Waals surface area contributed by atoms with Crippen molar-refractivity contribution in [1.29, 1.82) is 5.26 Å². The predicted molar refractivity (Wildman–Crippen MR) is 123 cm³/mol. The Morgan fingerprint density at radius 2 is 2.09 bits per heavy atom. The van der Waals surface area contributed by atoms with Crippen LogP contribution in [0.25, 0.3) is 0 Å². The summed E-state index contributed by atoms with van der Waals surface area (Å²) in [4.78, 5) is 19.5. The molecule has 0 aliphatic carbocycles. The average molecular weight is 445 g/mol. The van der Waals surface area contributed by atoms with E-state index in [1.54, 1.807) is 24.5 Å². The van der Waals surface area contributed by atoms with Crippen molar-refractivity contribution in [3.8, 4) is 11.8 Å². The zero-order chi connectivity index (χ0) is 23.4. The maximum absolute atomic E-state index is 13.7. The number of nitriles is 1. The van der Waals surface area contributed by atoms with E-state index in [9.17, 15) is 9.18 Å². The fourth-order valence-electron chi connectivity index (χ4n) is 4.13. The number of amides is 1. The second-order valence-corrected chi connectivity index (χ2v) is 8.45. The number of pyridine rings is 1. The maximum Gasteiger partial charge on any atom is 0.254 e. The number of fused-ring (bicyclic) bond motifs is 1. The van der Waals surface area contributed by atoms with Gasteiger partial charge in [0, 0.05) is 35.8 Å². The number of nitrogens with zero attached hydrogens (tertiary/aromatic N) is 3. The molecular formula is C26H25FN4O2. The molecule has 168 valence electrons. The highest BCUT2D eigenvalue weighted by Gasteiger charge is 2.35. The fourth-order valence-corrected chi connectivity index (χ4v) is 4.13. The Bertz CT molecular complexity index is 1200. The fraction of sp³-hybridized carbons (Fsp3) is 0.269. The summed E-state index contributed by atoms with van der Waals surface area (Å²) >= 11 is 0. The molecule has 0 spiro atoms. The molecule has 2 aromatic carbocycles. The second-order valence-electron chi connectivity index (χ2n) is 8.45. The summed E-state index contributed by atoms with van der Waals surface area (Å²) in [6, 6.07) is 15.2. The molecule has 7 heteroatoms. The molecule has 0 bridgehead atoms. The van der Waals surface area contributed by atoms with Gasteiger partial charge in [-0.15, -0.1) is 0 Å². The van der Waals surface area contributed by atoms with Gasteiger partial charge in [-0.3, -0.25) is 9.78 Å². The van der Waals surface area contributed by atoms with Crippen LogP contribution in [-0.4, -0.2) is 29.1 Å². The van der Waals surface area contributed by atoms with Crippen LogP contribution in [0.3, 0.4) is 0 Å². The van der Waals surface area contributed by atoms with E-state index in [2.05, 4.69) is 24.1 Å². The molecule has 1 aliphatic rings. The van der Waals surface area contributed by atoms with E-state index in [1.807, 2.05) is 35.2 Å². The number of hydrogen-bond donors (Lipinski definition) is 1. The molecule has 1 atom stereocenters. The van der Waals surface area contributed by atoms with Crippen molar-refractivity contribution in [2.75, 3.05) is 18.6 Å². The number of halogens is 1. The molecule has 6 nitrogen and oxygen atoms in total. The normalized spacial score (nSPS) is 15.2. The Morgan fingerprint density at radius 1 is 1.27 bits per heavy atom. The summed E-state index contributed by atoms with van der Waals surface area (Å²) in [7, 11) is 0. The SMILES string of the molecule is CC(C)CN1C(=O)c2ccccc2C[C@H]1c1cnccc1OCNc1cc(F)cc(C#N)c1. The first kappa shape index (κ1) is 22.3. The molecule has 0 saturated carbocycles. The lowest BCUT2D eigenvalue weighted by atomic mass is 9.89. The lowest BCUT2D eigenvalue weighted by Gasteiger charge is -2.38. The lowest BCUT2D eigenvalue weighted by Crippen LogP contribution is -2.42. The third kappa shape index (κ3) is 4.96. The molecule has 0 saturated heterocycles. The van der Waals surface area contributed by atoms with Crippen LogP contribution in [0.5, 0.6) is 5.75 Å². The smallest absolute Gasteiger partial charge is 0.254 e. The lowest BCUT2D eigenvalue weighted by molar-refractivity contribution is 0.0616. The highest BCUT2D eigenvalue weighted by atomic mass is 19.1. The van der Waals surface area contributed by atoms with Gasteiger partial charge < -0.3 is 15.0 Å². The Labute approximate surface area is 192 Å². The molecule has 0 radical (unpaired) electrons. The van der Waals surface area contributed by atoms with Gasteiger partial charge in [0.15, 0.2) is 6.73 Å². The summed E-state index contributed by atoms with van der Waals surface area (Å²) in [5.74, 6) is 0.407. The summed E-state index contributed by atoms with van der Waals surface area (Å²) < 4.78 is 19.7. The van der Waals surface area contributed by atoms with Crippen LogP contribution in [0.15, 0.2) is 60.9 Å². The average Bonchev–Trinajstić information content (AvgIpc) is 2.80. The van der Waals surface area contributed by atoms with Crippen LogP contribution in [0.2, 0.25) is 0 Å². The first-order valence-corrected chi connectivity index (χ1v) is 10.9. The number of nitrogens with one attached hydrogen (secondary N) is 1. The standard InChI is InChI=1S/C26H25FN4O2/c1-17(2)15-31-24(11-19-5-3-4-6-22(19)26(31)32)23-14-29-8-7-25(23)33-16-30-21-10-18(13-28)9-20(27)12-21/h3-10,12,14,17,24,30H,11,15-16H2,1-2H3/t24-/m0/s1. The van der Waals surface area contributed by atoms with Gasteiger partial charge in [0.05, 0.1) is 17.7 Å². The third-order valence-electron chi connectivity index (χ3n) is 5.56. The highest BCUT2D eigenvalue weighted by molar-refractivity contribution is 5.97. The van der Waals surface area contributed by atoms with E-state index in [0.717, 1.165) is 16.7 Å². The molecule has 0 fully saturated rings. The summed E-state index contributed by atoms with van der Waals surface area (Å²) in [5, 5.41) is 12.0. The van der Waals surface area contributed by atoms with Crippen LogP contribution in [0, 0.1) is 23.1 Å². The van der Waals surface area contributed by atoms with Gasteiger partial charge in [-0.1, -0.05) is 32.0 Å². The van der Waals surface area contributed by atoms with Crippen molar-refractivity contribution in [3.05, 3.63) is 89.0 Å². The van der Waals surface area contributed by atoms with Crippen LogP contribution in [0.4, 0.5) is 10.1 Å². The predicted octanol–water partition coefficient (Wildman–Crippen LogP) is 4.94. The molecule has 4 rings (SSSR count). The number of carbonyl (C=O) groups excluding carboxylic acids is 1. The molecule has 2 heterocycles. The Morgan fingerprint density at radius 3 is 2.88 bits per heavy atom. The van der Waals surface area contributed by atoms with E-state index in [4.69, 9.17) is 10.00 Å². The van der Waals surface area contributed by atoms with E-state index >= 15 is 0 Å². The third-order valence-corrected chi connectivity index (χ3v) is 5.56. The van der Waals surface area contributed by atoms with Gasteiger partial charge in [0.2, 0.25) is 0 Å². The molecule has 1 N–H and O–H groups in total. The maximum atomic E-state index is 13.7. The zero-order valence-corrected chi connectivity index (χ0v) is 18.6. The highest BCUT2D eigenvalue weighted by Crippen LogP contribution is 2.37. The van der Waals surface area contributed by atoms with Crippen molar-refractivity contribution < 1.29 is 13.9 Å². The van der Waals surface area contributed by atoms with Crippen LogP contribution < -0.4 is 10.1 Å². The van der Waals surface area contributed by atoms with Crippen molar-refractivity contribution in [1.82, 2.24) is 9.88 Å². The number of anilines is 1. The molecule has 33 heavy (non-hydrogen) atoms. The number of rotatable bonds is 7. The van der Waals surface area contributed by atoms with Gasteiger partial charge in [0.25, 0.3) is 5.91 Å². The quantitative estimate of drug-likeness (QED) is 0.523. The molecule has 1 aliphatic heterocycles. The Kier molecular flexibility index (Phi) is 6.55. The largest absolute Gasteiger partial charge is 0.473 e. The van der Waals surface area contributed by atoms with Crippen molar-refractivity contribution in [3.63, 3.8) is 0 Å². The number of hydrogen-bond acceptors (Lipinski definition) is 5. The monoisotopic (exact) mass is 444 g/mol. The first-order chi connectivity index (χ1) is 16.0. The summed E-state index contributed by atoms with van der Waals surface area (Å²) in [6.45, 7) is 4.85. The topological polar surface area (TPSA) is 78.2 Å². The van der Waals surface area contributed by atoms with Crippen LogP contribution in [-0.2, 0) is 6.42 Å². The minimum atomic E-state index is -0.495. The van der Waals surface area contributed by atoms with Crippen LogP contribution >= 0.6 is 0 Å². The minimum absolute atomic E-state index is 0.00673. The van der Waals surface area contributed by atoms with Crippen molar-refractivity contribution in [2.45, 2.75) is 26.3 Å². The first-order valence-electron chi connectivity index (χ1n) is 10.9. The van der Waals surface area contributed by atoms with Crippen LogP contribution in [0.1, 0.15) is 46.9 Å². The minimum Gasteiger partial charge on any atom is -0.473 e. The number of ether oxygens (including phenoxy) is 1. The van der Waals surface area contributed by atoms with Gasteiger partial charge in [-0.05, 0) is 48.2 Å². The van der Waals surface area contributed by atoms with E-state index in [-0.39, 0.29) is 24.2 Å². The molecule has 0 unspecified atom stereocenters. The zero-order valence-electron chi connectivity index (χ0n) is 18.6. The number of benzene rings is 2. The van der Waals surface area contributed by atoms with Crippen molar-refractivity contribution in [2.24, 2.45) is 5.92 Å². The molecular weight excluding hydrogens is 419 g/mol. The Balaban J connectivity index is 1.58. The number of carbonyl (C=O) groups is 1. The molecule has 1 amide bonds. The van der Waals surface area contributed by atoms with Gasteiger partial charge in [0.1, 0.15) is 11.6 Å². The van der Waals surface area contributed by atoms with Gasteiger partial charge >= 0.3 is 0 Å². The van der Waals surface area contributed by atoms with E-state index in [0.29, 0.717) is 30.3 Å². The Hall–Kier alpha value is -3.92. The van der Waals surface area contributed by atoms with E-state index < -0.39 is 5.82 Å². The van der Waals surface area contributed by atoms with Crippen molar-refractivity contribution >= 4 is 11.6 Å². The van der Waals surface area contributed by atoms with E-state index in [1.165, 1.54) is 12.1 Å². The summed E-state index contributed by atoms with van der Waals surface area (Å²) in [5.41, 5.74) is 3.24. The number of aromatic nitrogens is 1. The van der Waals surface area contributed by atoms with Gasteiger partial charge in [-0.2, -0.15) is 5.26 Å². The second kappa shape index (κ2) is 9.70. The summed E-state index contributed by atoms with van der Waals surface area (Å²) in [6.07, 6.45) is 4.05. The molecule has 1 aromatic heterocycles.